The Morgan fingerprint density at radius 3 is 2.43 bits per heavy atom. The Bertz CT molecular complexity index is 1510. The molecule has 8 heteroatoms. The summed E-state index contributed by atoms with van der Waals surface area (Å²) >= 11 is 0. The predicted octanol–water partition coefficient (Wildman–Crippen LogP) is 8.71. The second-order valence-electron chi connectivity index (χ2n) is 13.6. The zero-order chi connectivity index (χ0) is 32.9. The van der Waals surface area contributed by atoms with Crippen LogP contribution < -0.4 is 14.8 Å². The Morgan fingerprint density at radius 1 is 0.851 bits per heavy atom. The number of piperidine rings is 1. The van der Waals surface area contributed by atoms with Crippen LogP contribution >= 0.6 is 0 Å². The van der Waals surface area contributed by atoms with E-state index in [9.17, 15) is 4.39 Å². The van der Waals surface area contributed by atoms with Gasteiger partial charge in [0.2, 0.25) is 0 Å². The second-order valence-corrected chi connectivity index (χ2v) is 19.2. The van der Waals surface area contributed by atoms with Crippen molar-refractivity contribution in [1.82, 2.24) is 5.32 Å². The minimum absolute atomic E-state index is 0.00214. The molecule has 4 aromatic rings. The fraction of sp³-hybridized carbons (Fsp3) is 0.436. The van der Waals surface area contributed by atoms with Gasteiger partial charge in [-0.25, -0.2) is 4.39 Å². The molecule has 1 N–H and O–H groups in total. The largest absolute Gasteiger partial charge is 0.488 e. The minimum atomic E-state index is -1.11. The molecule has 2 heterocycles. The molecule has 6 nitrogen and oxygen atoms in total. The average molecular weight is 660 g/mol. The first-order chi connectivity index (χ1) is 22.8. The van der Waals surface area contributed by atoms with E-state index in [4.69, 9.17) is 23.7 Å². The van der Waals surface area contributed by atoms with Gasteiger partial charge >= 0.3 is 0 Å². The van der Waals surface area contributed by atoms with Gasteiger partial charge in [0.15, 0.2) is 6.79 Å². The highest BCUT2D eigenvalue weighted by molar-refractivity contribution is 6.76. The summed E-state index contributed by atoms with van der Waals surface area (Å²) in [5.41, 5.74) is 3.20. The Morgan fingerprint density at radius 2 is 1.66 bits per heavy atom. The van der Waals surface area contributed by atoms with Crippen LogP contribution in [0.2, 0.25) is 25.7 Å². The van der Waals surface area contributed by atoms with Crippen molar-refractivity contribution in [3.05, 3.63) is 107 Å². The number of ether oxygens (including phenoxy) is 5. The lowest BCUT2D eigenvalue weighted by atomic mass is 9.88. The van der Waals surface area contributed by atoms with Gasteiger partial charge in [-0.3, -0.25) is 0 Å². The third-order valence-corrected chi connectivity index (χ3v) is 10.2. The molecule has 0 radical (unpaired) electrons. The average Bonchev–Trinajstić information content (AvgIpc) is 3.67. The molecule has 47 heavy (non-hydrogen) atoms. The lowest BCUT2D eigenvalue weighted by Gasteiger charge is -2.32. The molecule has 2 fully saturated rings. The summed E-state index contributed by atoms with van der Waals surface area (Å²) in [7, 11) is -1.11. The third kappa shape index (κ3) is 11.4. The SMILES string of the molecule is C1CCOC1.C[Si](C)(C)CCOCOc1cccc(COc2cc(COC3CNCCC3c3ccc(F)cc3)cc3ccccc23)c1. The molecule has 252 valence electrons. The van der Waals surface area contributed by atoms with Crippen molar-refractivity contribution in [2.24, 2.45) is 0 Å². The maximum Gasteiger partial charge on any atom is 0.189 e. The Balaban J connectivity index is 0.000000792. The zero-order valence-electron chi connectivity index (χ0n) is 28.1. The third-order valence-electron chi connectivity index (χ3n) is 8.50. The Labute approximate surface area is 280 Å². The number of nitrogens with one attached hydrogen (secondary N) is 1. The summed E-state index contributed by atoms with van der Waals surface area (Å²) in [5, 5.41) is 5.62. The highest BCUT2D eigenvalue weighted by Gasteiger charge is 2.27. The number of halogens is 1. The van der Waals surface area contributed by atoms with E-state index in [-0.39, 0.29) is 24.6 Å². The van der Waals surface area contributed by atoms with Crippen LogP contribution in [0.25, 0.3) is 10.8 Å². The van der Waals surface area contributed by atoms with Crippen molar-refractivity contribution in [3.8, 4) is 11.5 Å². The number of fused-ring (bicyclic) bond motifs is 1. The van der Waals surface area contributed by atoms with E-state index in [1.54, 1.807) is 0 Å². The van der Waals surface area contributed by atoms with E-state index in [2.05, 4.69) is 49.2 Å². The van der Waals surface area contributed by atoms with Crippen molar-refractivity contribution >= 4 is 18.8 Å². The fourth-order valence-electron chi connectivity index (χ4n) is 5.78. The Hall–Kier alpha value is -3.27. The van der Waals surface area contributed by atoms with Crippen molar-refractivity contribution in [1.29, 1.82) is 0 Å². The van der Waals surface area contributed by atoms with Gasteiger partial charge in [0, 0.05) is 45.7 Å². The van der Waals surface area contributed by atoms with Gasteiger partial charge in [-0.2, -0.15) is 0 Å². The van der Waals surface area contributed by atoms with Gasteiger partial charge in [0.1, 0.15) is 23.9 Å². The lowest BCUT2D eigenvalue weighted by Crippen LogP contribution is -2.40. The van der Waals surface area contributed by atoms with Crippen molar-refractivity contribution in [3.63, 3.8) is 0 Å². The molecule has 0 aliphatic carbocycles. The summed E-state index contributed by atoms with van der Waals surface area (Å²) in [4.78, 5) is 0. The number of hydrogen-bond acceptors (Lipinski definition) is 6. The van der Waals surface area contributed by atoms with Gasteiger partial charge in [-0.1, -0.05) is 68.2 Å². The van der Waals surface area contributed by atoms with Gasteiger partial charge in [-0.05, 0) is 90.3 Å². The molecule has 2 aliphatic heterocycles. The molecule has 2 saturated heterocycles. The van der Waals surface area contributed by atoms with Crippen LogP contribution in [-0.4, -0.2) is 53.9 Å². The van der Waals surface area contributed by atoms with Crippen LogP contribution in [-0.2, 0) is 27.4 Å². The fourth-order valence-corrected chi connectivity index (χ4v) is 6.54. The van der Waals surface area contributed by atoms with Gasteiger partial charge < -0.3 is 29.0 Å². The smallest absolute Gasteiger partial charge is 0.189 e. The maximum absolute atomic E-state index is 13.5. The molecular weight excluding hydrogens is 610 g/mol. The summed E-state index contributed by atoms with van der Waals surface area (Å²) in [5.74, 6) is 1.61. The number of rotatable bonds is 13. The zero-order valence-corrected chi connectivity index (χ0v) is 29.1. The first-order valence-corrected chi connectivity index (χ1v) is 20.6. The Kier molecular flexibility index (Phi) is 13.2. The molecule has 4 aromatic carbocycles. The molecule has 2 aliphatic rings. The van der Waals surface area contributed by atoms with E-state index in [1.807, 2.05) is 48.5 Å². The monoisotopic (exact) mass is 659 g/mol. The standard InChI is InChI=1S/C35H42FNO4Si.C4H8O/c1-42(2,3)18-17-38-25-41-31-9-6-7-26(20-31)23-39-34-21-27(19-29-8-4-5-10-32(29)34)24-40-35-22-37-16-15-33(35)28-11-13-30(36)14-12-28;1-2-4-5-3-1/h4-14,19-21,33,35,37H,15-18,22-25H2,1-3H3;1-4H2. The van der Waals surface area contributed by atoms with Gasteiger partial charge in [-0.15, -0.1) is 0 Å². The van der Waals surface area contributed by atoms with E-state index in [0.29, 0.717) is 13.2 Å². The van der Waals surface area contributed by atoms with Crippen LogP contribution in [0.5, 0.6) is 11.5 Å². The van der Waals surface area contributed by atoms with E-state index < -0.39 is 8.07 Å². The first-order valence-electron chi connectivity index (χ1n) is 16.9. The second kappa shape index (κ2) is 17.8. The number of benzene rings is 4. The number of hydrogen-bond donors (Lipinski definition) is 1. The van der Waals surface area contributed by atoms with Crippen LogP contribution in [0.3, 0.4) is 0 Å². The molecule has 0 bridgehead atoms. The quantitative estimate of drug-likeness (QED) is 0.0881. The molecule has 2 atom stereocenters. The van der Waals surface area contributed by atoms with Gasteiger partial charge in [0.25, 0.3) is 0 Å². The summed E-state index contributed by atoms with van der Waals surface area (Å²) in [6.07, 6.45) is 3.51. The van der Waals surface area contributed by atoms with Crippen molar-refractivity contribution in [2.45, 2.75) is 70.2 Å². The molecule has 6 rings (SSSR count). The van der Waals surface area contributed by atoms with E-state index in [1.165, 1.54) is 25.0 Å². The molecule has 0 amide bonds. The first kappa shape index (κ1) is 35.0. The van der Waals surface area contributed by atoms with Crippen LogP contribution in [0.4, 0.5) is 4.39 Å². The molecule has 0 saturated carbocycles. The summed E-state index contributed by atoms with van der Waals surface area (Å²) in [6.45, 7) is 12.6. The van der Waals surface area contributed by atoms with E-state index in [0.717, 1.165) is 84.3 Å². The van der Waals surface area contributed by atoms with Gasteiger partial charge in [0.05, 0.1) is 12.7 Å². The van der Waals surface area contributed by atoms with Crippen LogP contribution in [0.1, 0.15) is 41.9 Å². The molecule has 0 spiro atoms. The van der Waals surface area contributed by atoms with Crippen LogP contribution in [0.15, 0.2) is 84.9 Å². The molecular formula is C39H50FNO5Si. The minimum Gasteiger partial charge on any atom is -0.488 e. The molecule has 2 unspecified atom stereocenters. The summed E-state index contributed by atoms with van der Waals surface area (Å²) in [6, 6.07) is 28.4. The maximum atomic E-state index is 13.5. The molecule has 0 aromatic heterocycles. The lowest BCUT2D eigenvalue weighted by molar-refractivity contribution is 0.0106. The van der Waals surface area contributed by atoms with Crippen LogP contribution in [0, 0.1) is 5.82 Å². The van der Waals surface area contributed by atoms with Crippen molar-refractivity contribution in [2.75, 3.05) is 39.7 Å². The predicted molar refractivity (Wildman–Crippen MR) is 190 cm³/mol. The summed E-state index contributed by atoms with van der Waals surface area (Å²) < 4.78 is 42.9. The topological polar surface area (TPSA) is 58.2 Å². The van der Waals surface area contributed by atoms with Crippen molar-refractivity contribution < 1.29 is 28.1 Å². The highest BCUT2D eigenvalue weighted by atomic mass is 28.3. The normalized spacial score (nSPS) is 18.0. The highest BCUT2D eigenvalue weighted by Crippen LogP contribution is 2.32. The van der Waals surface area contributed by atoms with E-state index >= 15 is 0 Å².